The van der Waals surface area contributed by atoms with E-state index in [1.807, 2.05) is 6.92 Å². The predicted molar refractivity (Wildman–Crippen MR) is 70.6 cm³/mol. The standard InChI is InChI=1S/C13H18N2O4/c1-11-2-3-12(15(16)17)10-13(11)19-9-6-14-4-7-18-8-5-14/h2-3,10H,4-9H2,1H3. The summed E-state index contributed by atoms with van der Waals surface area (Å²) < 4.78 is 10.9. The molecule has 0 amide bonds. The molecule has 1 aliphatic rings. The number of nitro groups is 1. The average Bonchev–Trinajstić information content (AvgIpc) is 2.42. The van der Waals surface area contributed by atoms with Gasteiger partial charge >= 0.3 is 0 Å². The molecule has 104 valence electrons. The van der Waals surface area contributed by atoms with Gasteiger partial charge in [0.1, 0.15) is 12.4 Å². The Morgan fingerprint density at radius 2 is 2.16 bits per heavy atom. The first kappa shape index (κ1) is 13.8. The van der Waals surface area contributed by atoms with E-state index < -0.39 is 4.92 Å². The topological polar surface area (TPSA) is 64.8 Å². The monoisotopic (exact) mass is 266 g/mol. The molecule has 0 aliphatic carbocycles. The van der Waals surface area contributed by atoms with E-state index in [4.69, 9.17) is 9.47 Å². The van der Waals surface area contributed by atoms with Crippen molar-refractivity contribution in [1.29, 1.82) is 0 Å². The molecule has 1 aromatic carbocycles. The lowest BCUT2D eigenvalue weighted by Gasteiger charge is -2.26. The Balaban J connectivity index is 1.87. The summed E-state index contributed by atoms with van der Waals surface area (Å²) in [6.07, 6.45) is 0. The number of aryl methyl sites for hydroxylation is 1. The number of morpholine rings is 1. The molecule has 1 aromatic rings. The molecule has 1 aliphatic heterocycles. The Hall–Kier alpha value is -1.66. The second kappa shape index (κ2) is 6.49. The predicted octanol–water partition coefficient (Wildman–Crippen LogP) is 1.61. The van der Waals surface area contributed by atoms with Crippen molar-refractivity contribution in [3.05, 3.63) is 33.9 Å². The van der Waals surface area contributed by atoms with Crippen LogP contribution < -0.4 is 4.74 Å². The molecule has 0 atom stereocenters. The van der Waals surface area contributed by atoms with Crippen molar-refractivity contribution in [2.45, 2.75) is 6.92 Å². The van der Waals surface area contributed by atoms with E-state index in [9.17, 15) is 10.1 Å². The maximum absolute atomic E-state index is 10.7. The van der Waals surface area contributed by atoms with Crippen molar-refractivity contribution in [3.63, 3.8) is 0 Å². The van der Waals surface area contributed by atoms with Crippen molar-refractivity contribution in [2.24, 2.45) is 0 Å². The minimum atomic E-state index is -0.408. The first-order valence-corrected chi connectivity index (χ1v) is 6.35. The van der Waals surface area contributed by atoms with Crippen LogP contribution in [0.3, 0.4) is 0 Å². The number of ether oxygens (including phenoxy) is 2. The smallest absolute Gasteiger partial charge is 0.273 e. The van der Waals surface area contributed by atoms with Crippen LogP contribution in [0.1, 0.15) is 5.56 Å². The fourth-order valence-corrected chi connectivity index (χ4v) is 1.97. The Kier molecular flexibility index (Phi) is 4.70. The number of nitro benzene ring substituents is 1. The zero-order chi connectivity index (χ0) is 13.7. The number of hydrogen-bond donors (Lipinski definition) is 0. The summed E-state index contributed by atoms with van der Waals surface area (Å²) in [6.45, 7) is 6.57. The molecule has 2 rings (SSSR count). The minimum absolute atomic E-state index is 0.0620. The summed E-state index contributed by atoms with van der Waals surface area (Å²) in [6, 6.07) is 4.68. The molecule has 1 saturated heterocycles. The van der Waals surface area contributed by atoms with E-state index in [1.54, 1.807) is 6.07 Å². The highest BCUT2D eigenvalue weighted by molar-refractivity contribution is 5.43. The van der Waals surface area contributed by atoms with E-state index >= 15 is 0 Å². The highest BCUT2D eigenvalue weighted by Gasteiger charge is 2.12. The van der Waals surface area contributed by atoms with Crippen LogP contribution in [0, 0.1) is 17.0 Å². The second-order valence-electron chi connectivity index (χ2n) is 4.51. The second-order valence-corrected chi connectivity index (χ2v) is 4.51. The molecule has 0 spiro atoms. The Bertz CT molecular complexity index is 444. The number of benzene rings is 1. The van der Waals surface area contributed by atoms with Crippen molar-refractivity contribution < 1.29 is 14.4 Å². The Morgan fingerprint density at radius 1 is 1.42 bits per heavy atom. The zero-order valence-electron chi connectivity index (χ0n) is 11.0. The van der Waals surface area contributed by atoms with Crippen LogP contribution in [-0.4, -0.2) is 49.3 Å². The van der Waals surface area contributed by atoms with Crippen molar-refractivity contribution in [3.8, 4) is 5.75 Å². The summed E-state index contributed by atoms with van der Waals surface area (Å²) in [7, 11) is 0. The third-order valence-electron chi connectivity index (χ3n) is 3.15. The lowest BCUT2D eigenvalue weighted by molar-refractivity contribution is -0.384. The average molecular weight is 266 g/mol. The first-order chi connectivity index (χ1) is 9.16. The SMILES string of the molecule is Cc1ccc([N+](=O)[O-])cc1OCCN1CCOCC1. The molecule has 1 heterocycles. The Morgan fingerprint density at radius 3 is 2.84 bits per heavy atom. The van der Waals surface area contributed by atoms with Gasteiger partial charge in [0, 0.05) is 25.7 Å². The number of nitrogens with zero attached hydrogens (tertiary/aromatic N) is 2. The van der Waals surface area contributed by atoms with Gasteiger partial charge in [0.25, 0.3) is 5.69 Å². The van der Waals surface area contributed by atoms with Crippen LogP contribution >= 0.6 is 0 Å². The van der Waals surface area contributed by atoms with Gasteiger partial charge in [-0.05, 0) is 18.6 Å². The van der Waals surface area contributed by atoms with Crippen molar-refractivity contribution in [1.82, 2.24) is 4.90 Å². The van der Waals surface area contributed by atoms with Crippen LogP contribution in [0.4, 0.5) is 5.69 Å². The lowest BCUT2D eigenvalue weighted by Crippen LogP contribution is -2.38. The molecule has 0 unspecified atom stereocenters. The van der Waals surface area contributed by atoms with Gasteiger partial charge in [-0.2, -0.15) is 0 Å². The van der Waals surface area contributed by atoms with Crippen molar-refractivity contribution in [2.75, 3.05) is 39.5 Å². The molecular weight excluding hydrogens is 248 g/mol. The fraction of sp³-hybridized carbons (Fsp3) is 0.538. The molecule has 0 bridgehead atoms. The Labute approximate surface area is 112 Å². The van der Waals surface area contributed by atoms with Gasteiger partial charge in [0.2, 0.25) is 0 Å². The molecule has 6 nitrogen and oxygen atoms in total. The summed E-state index contributed by atoms with van der Waals surface area (Å²) in [5, 5.41) is 10.7. The largest absolute Gasteiger partial charge is 0.492 e. The maximum Gasteiger partial charge on any atom is 0.273 e. The normalized spacial score (nSPS) is 16.3. The molecule has 19 heavy (non-hydrogen) atoms. The quantitative estimate of drug-likeness (QED) is 0.598. The van der Waals surface area contributed by atoms with Gasteiger partial charge in [0.05, 0.1) is 24.2 Å². The molecule has 0 radical (unpaired) electrons. The zero-order valence-corrected chi connectivity index (χ0v) is 11.0. The fourth-order valence-electron chi connectivity index (χ4n) is 1.97. The van der Waals surface area contributed by atoms with E-state index in [0.717, 1.165) is 38.4 Å². The summed E-state index contributed by atoms with van der Waals surface area (Å²) in [5.41, 5.74) is 0.972. The van der Waals surface area contributed by atoms with E-state index in [1.165, 1.54) is 12.1 Å². The maximum atomic E-state index is 10.7. The molecule has 0 N–H and O–H groups in total. The van der Waals surface area contributed by atoms with E-state index in [2.05, 4.69) is 4.90 Å². The summed E-state index contributed by atoms with van der Waals surface area (Å²) in [4.78, 5) is 12.6. The van der Waals surface area contributed by atoms with Gasteiger partial charge < -0.3 is 9.47 Å². The molecule has 6 heteroatoms. The third-order valence-corrected chi connectivity index (χ3v) is 3.15. The van der Waals surface area contributed by atoms with Gasteiger partial charge in [-0.25, -0.2) is 0 Å². The van der Waals surface area contributed by atoms with Gasteiger partial charge in [-0.3, -0.25) is 15.0 Å². The third kappa shape index (κ3) is 3.90. The first-order valence-electron chi connectivity index (χ1n) is 6.35. The molecular formula is C13H18N2O4. The van der Waals surface area contributed by atoms with E-state index in [-0.39, 0.29) is 5.69 Å². The van der Waals surface area contributed by atoms with E-state index in [0.29, 0.717) is 12.4 Å². The number of non-ortho nitro benzene ring substituents is 1. The highest BCUT2D eigenvalue weighted by Crippen LogP contribution is 2.23. The van der Waals surface area contributed by atoms with Crippen LogP contribution in [0.25, 0.3) is 0 Å². The van der Waals surface area contributed by atoms with Gasteiger partial charge in [0.15, 0.2) is 0 Å². The van der Waals surface area contributed by atoms with Crippen molar-refractivity contribution >= 4 is 5.69 Å². The summed E-state index contributed by atoms with van der Waals surface area (Å²) in [5.74, 6) is 0.586. The van der Waals surface area contributed by atoms with Gasteiger partial charge in [-0.15, -0.1) is 0 Å². The van der Waals surface area contributed by atoms with Crippen LogP contribution in [0.2, 0.25) is 0 Å². The summed E-state index contributed by atoms with van der Waals surface area (Å²) >= 11 is 0. The number of rotatable bonds is 5. The van der Waals surface area contributed by atoms with Crippen LogP contribution in [-0.2, 0) is 4.74 Å². The van der Waals surface area contributed by atoms with Crippen LogP contribution in [0.15, 0.2) is 18.2 Å². The lowest BCUT2D eigenvalue weighted by atomic mass is 10.2. The molecule has 0 aromatic heterocycles. The minimum Gasteiger partial charge on any atom is -0.492 e. The molecule has 1 fully saturated rings. The number of hydrogen-bond acceptors (Lipinski definition) is 5. The van der Waals surface area contributed by atoms with Gasteiger partial charge in [-0.1, -0.05) is 0 Å². The van der Waals surface area contributed by atoms with Crippen LogP contribution in [0.5, 0.6) is 5.75 Å². The molecule has 0 saturated carbocycles. The highest BCUT2D eigenvalue weighted by atomic mass is 16.6.